The van der Waals surface area contributed by atoms with Gasteiger partial charge in [-0.15, -0.1) is 0 Å². The van der Waals surface area contributed by atoms with Gasteiger partial charge in [-0.05, 0) is 18.6 Å². The second-order valence-corrected chi connectivity index (χ2v) is 3.95. The van der Waals surface area contributed by atoms with E-state index in [4.69, 9.17) is 0 Å². The Hall–Kier alpha value is -1.75. The molecule has 0 radical (unpaired) electrons. The number of nitrogens with zero attached hydrogens (tertiary/aromatic N) is 4. The van der Waals surface area contributed by atoms with E-state index in [0.717, 1.165) is 30.9 Å². The van der Waals surface area contributed by atoms with Gasteiger partial charge in [0.2, 0.25) is 0 Å². The highest BCUT2D eigenvalue weighted by molar-refractivity contribution is 5.16. The Labute approximate surface area is 101 Å². The molecule has 0 aliphatic carbocycles. The van der Waals surface area contributed by atoms with Crippen molar-refractivity contribution in [2.24, 2.45) is 7.05 Å². The molecule has 0 atom stereocenters. The maximum Gasteiger partial charge on any atom is 0.0769 e. The van der Waals surface area contributed by atoms with Crippen molar-refractivity contribution < 1.29 is 0 Å². The predicted molar refractivity (Wildman–Crippen MR) is 65.2 cm³/mol. The van der Waals surface area contributed by atoms with Crippen molar-refractivity contribution in [3.8, 4) is 0 Å². The summed E-state index contributed by atoms with van der Waals surface area (Å²) in [6.45, 7) is 3.66. The molecule has 2 aromatic heterocycles. The summed E-state index contributed by atoms with van der Waals surface area (Å²) in [7, 11) is 1.95. The van der Waals surface area contributed by atoms with E-state index in [1.807, 2.05) is 23.9 Å². The lowest BCUT2D eigenvalue weighted by molar-refractivity contribution is 0.666. The van der Waals surface area contributed by atoms with Crippen LogP contribution in [0, 0.1) is 0 Å². The van der Waals surface area contributed by atoms with Crippen molar-refractivity contribution in [2.45, 2.75) is 26.4 Å². The maximum absolute atomic E-state index is 4.40. The zero-order valence-corrected chi connectivity index (χ0v) is 10.2. The average molecular weight is 231 g/mol. The predicted octanol–water partition coefficient (Wildman–Crippen LogP) is 1.06. The molecule has 0 amide bonds. The minimum Gasteiger partial charge on any atom is -0.307 e. The van der Waals surface area contributed by atoms with Crippen molar-refractivity contribution in [1.29, 1.82) is 0 Å². The van der Waals surface area contributed by atoms with Gasteiger partial charge in [-0.3, -0.25) is 4.68 Å². The molecule has 0 saturated heterocycles. The zero-order chi connectivity index (χ0) is 12.1. The van der Waals surface area contributed by atoms with Gasteiger partial charge in [-0.1, -0.05) is 6.92 Å². The summed E-state index contributed by atoms with van der Waals surface area (Å²) in [4.78, 5) is 0. The molecular formula is C12H17N5. The second kappa shape index (κ2) is 5.54. The molecule has 0 saturated carbocycles. The van der Waals surface area contributed by atoms with Gasteiger partial charge in [-0.2, -0.15) is 15.3 Å². The Kier molecular flexibility index (Phi) is 3.82. The van der Waals surface area contributed by atoms with Crippen molar-refractivity contribution >= 4 is 0 Å². The van der Waals surface area contributed by atoms with Gasteiger partial charge in [0.25, 0.3) is 0 Å². The van der Waals surface area contributed by atoms with Gasteiger partial charge in [0.1, 0.15) is 0 Å². The van der Waals surface area contributed by atoms with E-state index in [2.05, 4.69) is 33.7 Å². The summed E-state index contributed by atoms with van der Waals surface area (Å²) in [5.41, 5.74) is 3.35. The molecule has 5 heteroatoms. The van der Waals surface area contributed by atoms with Crippen LogP contribution in [0.4, 0.5) is 0 Å². The molecule has 0 bridgehead atoms. The molecule has 0 fully saturated rings. The van der Waals surface area contributed by atoms with E-state index >= 15 is 0 Å². The summed E-state index contributed by atoms with van der Waals surface area (Å²) >= 11 is 0. The molecule has 90 valence electrons. The number of hydrogen-bond acceptors (Lipinski definition) is 4. The fourth-order valence-electron chi connectivity index (χ4n) is 1.78. The van der Waals surface area contributed by atoms with Crippen LogP contribution in [0.1, 0.15) is 23.9 Å². The molecular weight excluding hydrogens is 214 g/mol. The number of aromatic nitrogens is 4. The van der Waals surface area contributed by atoms with Crippen molar-refractivity contribution in [3.05, 3.63) is 41.5 Å². The van der Waals surface area contributed by atoms with E-state index < -0.39 is 0 Å². The number of hydrogen-bond donors (Lipinski definition) is 1. The third kappa shape index (κ3) is 3.10. The minimum atomic E-state index is 0.728. The van der Waals surface area contributed by atoms with E-state index in [1.54, 1.807) is 6.20 Å². The van der Waals surface area contributed by atoms with Crippen molar-refractivity contribution in [2.75, 3.05) is 0 Å². The number of rotatable bonds is 5. The zero-order valence-electron chi connectivity index (χ0n) is 10.2. The lowest BCUT2D eigenvalue weighted by atomic mass is 10.2. The molecule has 17 heavy (non-hydrogen) atoms. The molecule has 0 aliphatic heterocycles. The fraction of sp³-hybridized carbons (Fsp3) is 0.417. The Balaban J connectivity index is 1.90. The van der Waals surface area contributed by atoms with Gasteiger partial charge in [0.05, 0.1) is 11.4 Å². The molecule has 2 aromatic rings. The second-order valence-electron chi connectivity index (χ2n) is 3.95. The molecule has 1 N–H and O–H groups in total. The molecule has 2 rings (SSSR count). The first-order chi connectivity index (χ1) is 8.29. The Bertz CT molecular complexity index is 463. The summed E-state index contributed by atoms with van der Waals surface area (Å²) in [5.74, 6) is 0. The number of aryl methyl sites for hydroxylation is 2. The topological polar surface area (TPSA) is 55.6 Å². The first-order valence-electron chi connectivity index (χ1n) is 5.78. The maximum atomic E-state index is 4.40. The Morgan fingerprint density at radius 2 is 2.24 bits per heavy atom. The average Bonchev–Trinajstić information content (AvgIpc) is 2.71. The van der Waals surface area contributed by atoms with Gasteiger partial charge in [0.15, 0.2) is 0 Å². The highest BCUT2D eigenvalue weighted by Gasteiger charge is 2.05. The SMILES string of the molecule is CCc1nn(C)cc1CNCc1cccnn1. The standard InChI is InChI=1S/C12H17N5/c1-3-12-10(9-17(2)16-12)7-13-8-11-5-4-6-14-15-11/h4-6,9,13H,3,7-8H2,1-2H3. The quantitative estimate of drug-likeness (QED) is 0.836. The fourth-order valence-corrected chi connectivity index (χ4v) is 1.78. The molecule has 0 spiro atoms. The van der Waals surface area contributed by atoms with Crippen LogP contribution in [0.2, 0.25) is 0 Å². The van der Waals surface area contributed by atoms with Crippen LogP contribution in [-0.4, -0.2) is 20.0 Å². The molecule has 0 aromatic carbocycles. The van der Waals surface area contributed by atoms with Gasteiger partial charge >= 0.3 is 0 Å². The summed E-state index contributed by atoms with van der Waals surface area (Å²) in [5, 5.41) is 15.6. The van der Waals surface area contributed by atoms with E-state index in [-0.39, 0.29) is 0 Å². The summed E-state index contributed by atoms with van der Waals surface area (Å²) in [6.07, 6.45) is 4.70. The molecule has 0 unspecified atom stereocenters. The smallest absolute Gasteiger partial charge is 0.0769 e. The first-order valence-corrected chi connectivity index (χ1v) is 5.78. The van der Waals surface area contributed by atoms with Crippen LogP contribution in [0.15, 0.2) is 24.5 Å². The van der Waals surface area contributed by atoms with Crippen molar-refractivity contribution in [1.82, 2.24) is 25.3 Å². The van der Waals surface area contributed by atoms with Crippen LogP contribution in [0.5, 0.6) is 0 Å². The third-order valence-electron chi connectivity index (χ3n) is 2.58. The van der Waals surface area contributed by atoms with Crippen LogP contribution in [0.25, 0.3) is 0 Å². The van der Waals surface area contributed by atoms with Crippen LogP contribution >= 0.6 is 0 Å². The molecule has 0 aliphatic rings. The third-order valence-corrected chi connectivity index (χ3v) is 2.58. The highest BCUT2D eigenvalue weighted by Crippen LogP contribution is 2.06. The Morgan fingerprint density at radius 3 is 2.94 bits per heavy atom. The van der Waals surface area contributed by atoms with E-state index in [1.165, 1.54) is 5.56 Å². The summed E-state index contributed by atoms with van der Waals surface area (Å²) < 4.78 is 1.86. The van der Waals surface area contributed by atoms with Gasteiger partial charge in [0, 0.05) is 38.1 Å². The lowest BCUT2D eigenvalue weighted by Crippen LogP contribution is -2.14. The Morgan fingerprint density at radius 1 is 1.35 bits per heavy atom. The van der Waals surface area contributed by atoms with Crippen molar-refractivity contribution in [3.63, 3.8) is 0 Å². The largest absolute Gasteiger partial charge is 0.307 e. The molecule has 5 nitrogen and oxygen atoms in total. The first kappa shape index (κ1) is 11.7. The molecule has 2 heterocycles. The minimum absolute atomic E-state index is 0.728. The lowest BCUT2D eigenvalue weighted by Gasteiger charge is -2.03. The van der Waals surface area contributed by atoms with Crippen LogP contribution in [0.3, 0.4) is 0 Å². The van der Waals surface area contributed by atoms with Gasteiger partial charge < -0.3 is 5.32 Å². The summed E-state index contributed by atoms with van der Waals surface area (Å²) in [6, 6.07) is 3.86. The normalized spacial score (nSPS) is 10.7. The number of nitrogens with one attached hydrogen (secondary N) is 1. The van der Waals surface area contributed by atoms with E-state index in [0.29, 0.717) is 0 Å². The van der Waals surface area contributed by atoms with Crippen LogP contribution < -0.4 is 5.32 Å². The monoisotopic (exact) mass is 231 g/mol. The van der Waals surface area contributed by atoms with E-state index in [9.17, 15) is 0 Å². The van der Waals surface area contributed by atoms with Gasteiger partial charge in [-0.25, -0.2) is 0 Å². The highest BCUT2D eigenvalue weighted by atomic mass is 15.3. The van der Waals surface area contributed by atoms with Crippen LogP contribution in [-0.2, 0) is 26.6 Å².